The lowest BCUT2D eigenvalue weighted by atomic mass is 9.77. The Morgan fingerprint density at radius 3 is 2.82 bits per heavy atom. The summed E-state index contributed by atoms with van der Waals surface area (Å²) in [5, 5.41) is 17.0. The molecule has 0 saturated heterocycles. The van der Waals surface area contributed by atoms with Crippen LogP contribution in [-0.4, -0.2) is 40.7 Å². The molecule has 1 atom stereocenters. The van der Waals surface area contributed by atoms with E-state index in [4.69, 9.17) is 0 Å². The number of rotatable bonds is 4. The summed E-state index contributed by atoms with van der Waals surface area (Å²) in [6.45, 7) is 0. The van der Waals surface area contributed by atoms with Gasteiger partial charge in [0.15, 0.2) is 11.5 Å². The molecule has 9 heteroatoms. The second-order valence-electron chi connectivity index (χ2n) is 7.04. The molecule has 28 heavy (non-hydrogen) atoms. The fourth-order valence-corrected chi connectivity index (χ4v) is 3.60. The summed E-state index contributed by atoms with van der Waals surface area (Å²) in [6.07, 6.45) is 3.07. The number of aliphatic hydroxyl groups excluding tert-OH is 1. The molecule has 4 aromatic rings. The zero-order valence-electron chi connectivity index (χ0n) is 14.6. The lowest BCUT2D eigenvalue weighted by Gasteiger charge is -2.37. The highest BCUT2D eigenvalue weighted by Gasteiger charge is 2.48. The summed E-state index contributed by atoms with van der Waals surface area (Å²) >= 11 is 0. The lowest BCUT2D eigenvalue weighted by Crippen LogP contribution is -2.39. The average Bonchev–Trinajstić information content (AvgIpc) is 3.35. The van der Waals surface area contributed by atoms with Gasteiger partial charge in [0, 0.05) is 36.2 Å². The number of alkyl halides is 2. The average molecular weight is 382 g/mol. The number of benzene rings is 1. The second kappa shape index (κ2) is 6.16. The summed E-state index contributed by atoms with van der Waals surface area (Å²) in [4.78, 5) is 13.0. The number of aromatic amines is 1. The van der Waals surface area contributed by atoms with E-state index in [1.54, 1.807) is 6.07 Å². The number of aromatic nitrogens is 6. The predicted molar refractivity (Wildman–Crippen MR) is 96.9 cm³/mol. The zero-order valence-corrected chi connectivity index (χ0v) is 14.6. The van der Waals surface area contributed by atoms with Gasteiger partial charge in [-0.25, -0.2) is 23.7 Å². The Labute approximate surface area is 158 Å². The Morgan fingerprint density at radius 2 is 2.07 bits per heavy atom. The summed E-state index contributed by atoms with van der Waals surface area (Å²) in [5.41, 5.74) is 3.27. The van der Waals surface area contributed by atoms with Crippen LogP contribution in [0, 0.1) is 5.92 Å². The van der Waals surface area contributed by atoms with Crippen molar-refractivity contribution >= 4 is 11.2 Å². The topological polar surface area (TPSA) is 92.5 Å². The van der Waals surface area contributed by atoms with E-state index < -0.39 is 17.9 Å². The summed E-state index contributed by atoms with van der Waals surface area (Å²) in [6, 6.07) is 9.49. The van der Waals surface area contributed by atoms with Crippen LogP contribution in [0.5, 0.6) is 0 Å². The van der Waals surface area contributed by atoms with E-state index in [0.29, 0.717) is 22.7 Å². The van der Waals surface area contributed by atoms with E-state index in [9.17, 15) is 13.9 Å². The molecular formula is C19H16F2N6O. The van der Waals surface area contributed by atoms with Crippen molar-refractivity contribution in [3.8, 4) is 17.1 Å². The number of hydrogen-bond acceptors (Lipinski definition) is 5. The summed E-state index contributed by atoms with van der Waals surface area (Å²) < 4.78 is 28.0. The van der Waals surface area contributed by atoms with Crippen molar-refractivity contribution in [3.05, 3.63) is 54.7 Å². The molecule has 0 radical (unpaired) electrons. The molecule has 3 heterocycles. The van der Waals surface area contributed by atoms with Crippen molar-refractivity contribution in [2.75, 3.05) is 0 Å². The number of halogens is 2. The van der Waals surface area contributed by atoms with Crippen LogP contribution in [0.15, 0.2) is 49.1 Å². The van der Waals surface area contributed by atoms with Crippen LogP contribution in [0.25, 0.3) is 28.2 Å². The van der Waals surface area contributed by atoms with Crippen molar-refractivity contribution in [2.24, 2.45) is 5.92 Å². The minimum absolute atomic E-state index is 0.316. The number of H-pyrrole nitrogens is 1. The standard InChI is InChI=1S/C19H16F2N6O/c20-19(21)7-12(8-19)16(28)15-9-22-18-14(25-15)4-5-27(18)13-3-1-2-11(6-13)17-23-10-24-26-17/h1-6,9-10,12,16,28H,7-8H2,(H,23,24,26)/t16-/m0/s1. The van der Waals surface area contributed by atoms with Gasteiger partial charge in [-0.2, -0.15) is 5.10 Å². The number of fused-ring (bicyclic) bond motifs is 1. The largest absolute Gasteiger partial charge is 0.386 e. The Hall–Kier alpha value is -3.20. The van der Waals surface area contributed by atoms with Crippen LogP contribution in [-0.2, 0) is 0 Å². The maximum atomic E-state index is 13.1. The van der Waals surface area contributed by atoms with Crippen LogP contribution in [0.4, 0.5) is 8.78 Å². The van der Waals surface area contributed by atoms with Crippen molar-refractivity contribution in [3.63, 3.8) is 0 Å². The number of hydrogen-bond donors (Lipinski definition) is 2. The first-order valence-electron chi connectivity index (χ1n) is 8.86. The number of nitrogens with one attached hydrogen (secondary N) is 1. The third-order valence-electron chi connectivity index (χ3n) is 5.09. The monoisotopic (exact) mass is 382 g/mol. The first-order chi connectivity index (χ1) is 13.5. The molecule has 0 aliphatic heterocycles. The van der Waals surface area contributed by atoms with E-state index in [1.807, 2.05) is 35.0 Å². The molecule has 5 rings (SSSR count). The maximum absolute atomic E-state index is 13.1. The van der Waals surface area contributed by atoms with E-state index >= 15 is 0 Å². The molecule has 1 aliphatic rings. The summed E-state index contributed by atoms with van der Waals surface area (Å²) in [7, 11) is 0. The fraction of sp³-hybridized carbons (Fsp3) is 0.263. The molecule has 0 bridgehead atoms. The van der Waals surface area contributed by atoms with Gasteiger partial charge in [0.05, 0.1) is 11.9 Å². The predicted octanol–water partition coefficient (Wildman–Crippen LogP) is 3.28. The fourth-order valence-electron chi connectivity index (χ4n) is 3.60. The molecule has 2 N–H and O–H groups in total. The smallest absolute Gasteiger partial charge is 0.248 e. The Kier molecular flexibility index (Phi) is 3.73. The van der Waals surface area contributed by atoms with E-state index in [1.165, 1.54) is 12.5 Å². The van der Waals surface area contributed by atoms with Crippen LogP contribution in [0.2, 0.25) is 0 Å². The number of nitrogens with zero attached hydrogens (tertiary/aromatic N) is 5. The Balaban J connectivity index is 1.47. The van der Waals surface area contributed by atoms with E-state index in [0.717, 1.165) is 11.3 Å². The molecule has 1 fully saturated rings. The number of aliphatic hydroxyl groups is 1. The Morgan fingerprint density at radius 1 is 1.21 bits per heavy atom. The van der Waals surface area contributed by atoms with Gasteiger partial charge in [0.25, 0.3) is 0 Å². The molecule has 0 spiro atoms. The molecule has 1 aromatic carbocycles. The Bertz CT molecular complexity index is 1130. The molecule has 1 saturated carbocycles. The van der Waals surface area contributed by atoms with Crippen molar-refractivity contribution in [1.82, 2.24) is 29.7 Å². The quantitative estimate of drug-likeness (QED) is 0.565. The molecule has 0 amide bonds. The van der Waals surface area contributed by atoms with E-state index in [2.05, 4.69) is 25.1 Å². The van der Waals surface area contributed by atoms with Crippen LogP contribution in [0.3, 0.4) is 0 Å². The molecular weight excluding hydrogens is 366 g/mol. The van der Waals surface area contributed by atoms with Gasteiger partial charge in [-0.1, -0.05) is 12.1 Å². The molecule has 7 nitrogen and oxygen atoms in total. The lowest BCUT2D eigenvalue weighted by molar-refractivity contribution is -0.143. The van der Waals surface area contributed by atoms with Crippen LogP contribution >= 0.6 is 0 Å². The third kappa shape index (κ3) is 2.84. The van der Waals surface area contributed by atoms with Gasteiger partial charge in [0.2, 0.25) is 5.92 Å². The highest BCUT2D eigenvalue weighted by atomic mass is 19.3. The van der Waals surface area contributed by atoms with Crippen molar-refractivity contribution < 1.29 is 13.9 Å². The first-order valence-corrected chi connectivity index (χ1v) is 8.86. The van der Waals surface area contributed by atoms with Crippen molar-refractivity contribution in [1.29, 1.82) is 0 Å². The molecule has 142 valence electrons. The molecule has 3 aromatic heterocycles. The molecule has 0 unspecified atom stereocenters. The van der Waals surface area contributed by atoms with Gasteiger partial charge in [0.1, 0.15) is 17.9 Å². The normalized spacial score (nSPS) is 17.5. The minimum Gasteiger partial charge on any atom is -0.386 e. The van der Waals surface area contributed by atoms with Gasteiger partial charge in [-0.15, -0.1) is 0 Å². The van der Waals surface area contributed by atoms with Crippen LogP contribution < -0.4 is 0 Å². The van der Waals surface area contributed by atoms with Crippen molar-refractivity contribution in [2.45, 2.75) is 24.9 Å². The SMILES string of the molecule is O[C@H](c1cnc2c(ccn2-c2cccc(-c3ncn[nH]3)c2)n1)C1CC(F)(F)C1. The third-order valence-corrected chi connectivity index (χ3v) is 5.09. The second-order valence-corrected chi connectivity index (χ2v) is 7.04. The highest BCUT2D eigenvalue weighted by Crippen LogP contribution is 2.47. The van der Waals surface area contributed by atoms with Gasteiger partial charge >= 0.3 is 0 Å². The van der Waals surface area contributed by atoms with Crippen LogP contribution in [0.1, 0.15) is 24.6 Å². The zero-order chi connectivity index (χ0) is 19.3. The summed E-state index contributed by atoms with van der Waals surface area (Å²) in [5.74, 6) is -2.50. The minimum atomic E-state index is -2.68. The van der Waals surface area contributed by atoms with E-state index in [-0.39, 0.29) is 12.8 Å². The van der Waals surface area contributed by atoms with Gasteiger partial charge in [-0.3, -0.25) is 9.67 Å². The van der Waals surface area contributed by atoms with Gasteiger partial charge < -0.3 is 5.11 Å². The highest BCUT2D eigenvalue weighted by molar-refractivity contribution is 5.74. The molecule has 1 aliphatic carbocycles. The first kappa shape index (κ1) is 16.9. The van der Waals surface area contributed by atoms with Gasteiger partial charge in [-0.05, 0) is 18.2 Å². The maximum Gasteiger partial charge on any atom is 0.248 e.